The molecule has 0 bridgehead atoms. The molecule has 160 valence electrons. The van der Waals surface area contributed by atoms with Crippen LogP contribution in [0.15, 0.2) is 18.2 Å². The molecular weight excluding hydrogens is 378 g/mol. The third-order valence-electron chi connectivity index (χ3n) is 7.00. The van der Waals surface area contributed by atoms with Gasteiger partial charge in [0.2, 0.25) is 5.91 Å². The third-order valence-corrected chi connectivity index (χ3v) is 7.00. The third kappa shape index (κ3) is 3.67. The molecule has 0 radical (unpaired) electrons. The summed E-state index contributed by atoms with van der Waals surface area (Å²) in [6.07, 6.45) is 7.82. The standard InChI is InChI=1S/C24H31N3O3/c28-23(16-7-8-22-20(14-16)19-5-1-2-6-21(19)26-22)27(18-9-12-30-13-10-18)24(29)17-4-3-11-25-15-17/h7-8,14,17-18,25-26H,1-6,9-13,15H2. The molecule has 2 aliphatic heterocycles. The van der Waals surface area contributed by atoms with Gasteiger partial charge in [-0.1, -0.05) is 0 Å². The van der Waals surface area contributed by atoms with Gasteiger partial charge in [0.15, 0.2) is 0 Å². The highest BCUT2D eigenvalue weighted by Crippen LogP contribution is 2.31. The Morgan fingerprint density at radius 2 is 1.87 bits per heavy atom. The van der Waals surface area contributed by atoms with Crippen molar-refractivity contribution in [2.24, 2.45) is 5.92 Å². The lowest BCUT2D eigenvalue weighted by molar-refractivity contribution is -0.136. The number of amides is 2. The van der Waals surface area contributed by atoms with E-state index in [1.165, 1.54) is 24.1 Å². The number of H-pyrrole nitrogens is 1. The number of rotatable bonds is 3. The fraction of sp³-hybridized carbons (Fsp3) is 0.583. The number of piperidine rings is 1. The molecule has 30 heavy (non-hydrogen) atoms. The molecule has 2 fully saturated rings. The van der Waals surface area contributed by atoms with E-state index in [1.54, 1.807) is 4.90 Å². The number of fused-ring (bicyclic) bond motifs is 3. The first-order chi connectivity index (χ1) is 14.7. The van der Waals surface area contributed by atoms with Gasteiger partial charge >= 0.3 is 0 Å². The molecule has 0 spiro atoms. The number of nitrogens with one attached hydrogen (secondary N) is 2. The number of hydrogen-bond donors (Lipinski definition) is 2. The van der Waals surface area contributed by atoms with Crippen molar-refractivity contribution in [2.75, 3.05) is 26.3 Å². The van der Waals surface area contributed by atoms with Gasteiger partial charge in [-0.3, -0.25) is 14.5 Å². The summed E-state index contributed by atoms with van der Waals surface area (Å²) >= 11 is 0. The first-order valence-corrected chi connectivity index (χ1v) is 11.5. The second-order valence-electron chi connectivity index (χ2n) is 8.95. The van der Waals surface area contributed by atoms with Crippen LogP contribution in [0, 0.1) is 5.92 Å². The topological polar surface area (TPSA) is 74.4 Å². The molecule has 0 saturated carbocycles. The zero-order chi connectivity index (χ0) is 20.5. The zero-order valence-electron chi connectivity index (χ0n) is 17.5. The molecule has 2 amide bonds. The number of carbonyl (C=O) groups is 2. The zero-order valence-corrected chi connectivity index (χ0v) is 17.5. The number of imide groups is 1. The van der Waals surface area contributed by atoms with Gasteiger partial charge in [-0.05, 0) is 81.7 Å². The highest BCUT2D eigenvalue weighted by Gasteiger charge is 2.36. The average Bonchev–Trinajstić information content (AvgIpc) is 3.18. The van der Waals surface area contributed by atoms with Crippen LogP contribution < -0.4 is 5.32 Å². The molecule has 6 heteroatoms. The van der Waals surface area contributed by atoms with E-state index in [2.05, 4.69) is 10.3 Å². The minimum Gasteiger partial charge on any atom is -0.381 e. The number of nitrogens with zero attached hydrogens (tertiary/aromatic N) is 1. The van der Waals surface area contributed by atoms with Crippen LogP contribution in [0.25, 0.3) is 10.9 Å². The highest BCUT2D eigenvalue weighted by molar-refractivity contribution is 6.07. The normalized spacial score (nSPS) is 22.6. The Bertz CT molecular complexity index is 939. The van der Waals surface area contributed by atoms with Crippen molar-refractivity contribution in [3.8, 4) is 0 Å². The Morgan fingerprint density at radius 3 is 2.67 bits per heavy atom. The van der Waals surface area contributed by atoms with Crippen molar-refractivity contribution >= 4 is 22.7 Å². The lowest BCUT2D eigenvalue weighted by Crippen LogP contribution is -2.51. The van der Waals surface area contributed by atoms with Crippen LogP contribution in [0.2, 0.25) is 0 Å². The van der Waals surface area contributed by atoms with E-state index in [9.17, 15) is 9.59 Å². The molecule has 3 heterocycles. The van der Waals surface area contributed by atoms with Crippen molar-refractivity contribution in [2.45, 2.75) is 57.4 Å². The lowest BCUT2D eigenvalue weighted by Gasteiger charge is -2.36. The molecule has 2 aromatic rings. The van der Waals surface area contributed by atoms with E-state index >= 15 is 0 Å². The molecule has 1 atom stereocenters. The average molecular weight is 410 g/mol. The van der Waals surface area contributed by atoms with Gasteiger partial charge in [0, 0.05) is 48.0 Å². The maximum Gasteiger partial charge on any atom is 0.260 e. The van der Waals surface area contributed by atoms with Gasteiger partial charge in [-0.15, -0.1) is 0 Å². The predicted molar refractivity (Wildman–Crippen MR) is 116 cm³/mol. The van der Waals surface area contributed by atoms with Crippen molar-refractivity contribution in [3.05, 3.63) is 35.0 Å². The molecule has 1 aliphatic carbocycles. The first-order valence-electron chi connectivity index (χ1n) is 11.5. The van der Waals surface area contributed by atoms with Crippen molar-refractivity contribution < 1.29 is 14.3 Å². The highest BCUT2D eigenvalue weighted by atomic mass is 16.5. The maximum atomic E-state index is 13.7. The molecule has 2 N–H and O–H groups in total. The van der Waals surface area contributed by atoms with Crippen LogP contribution in [-0.4, -0.2) is 54.0 Å². The van der Waals surface area contributed by atoms with Gasteiger partial charge in [0.05, 0.1) is 5.92 Å². The summed E-state index contributed by atoms with van der Waals surface area (Å²) in [4.78, 5) is 32.3. The van der Waals surface area contributed by atoms with E-state index in [-0.39, 0.29) is 23.8 Å². The number of aromatic amines is 1. The summed E-state index contributed by atoms with van der Waals surface area (Å²) in [5.74, 6) is -0.283. The monoisotopic (exact) mass is 409 g/mol. The van der Waals surface area contributed by atoms with Crippen molar-refractivity contribution in [1.29, 1.82) is 0 Å². The number of benzene rings is 1. The second kappa shape index (κ2) is 8.52. The maximum absolute atomic E-state index is 13.7. The summed E-state index contributed by atoms with van der Waals surface area (Å²) in [5, 5.41) is 4.47. The van der Waals surface area contributed by atoms with Crippen LogP contribution in [0.3, 0.4) is 0 Å². The van der Waals surface area contributed by atoms with Gasteiger partial charge in [0.25, 0.3) is 5.91 Å². The SMILES string of the molecule is O=C(c1ccc2[nH]c3c(c2c1)CCCC3)N(C(=O)C1CCCNC1)C1CCOCC1. The first kappa shape index (κ1) is 19.8. The Morgan fingerprint density at radius 1 is 1.03 bits per heavy atom. The summed E-state index contributed by atoms with van der Waals surface area (Å²) in [6.45, 7) is 2.82. The van der Waals surface area contributed by atoms with Crippen LogP contribution in [0.5, 0.6) is 0 Å². The molecule has 1 unspecified atom stereocenters. The minimum absolute atomic E-state index is 0.0182. The summed E-state index contributed by atoms with van der Waals surface area (Å²) in [7, 11) is 0. The number of carbonyl (C=O) groups excluding carboxylic acids is 2. The van der Waals surface area contributed by atoms with E-state index in [1.807, 2.05) is 18.2 Å². The molecule has 2 saturated heterocycles. The Hall–Kier alpha value is -2.18. The molecule has 1 aromatic heterocycles. The predicted octanol–water partition coefficient (Wildman–Crippen LogP) is 3.19. The van der Waals surface area contributed by atoms with Crippen LogP contribution >= 0.6 is 0 Å². The summed E-state index contributed by atoms with van der Waals surface area (Å²) < 4.78 is 5.50. The van der Waals surface area contributed by atoms with E-state index < -0.39 is 0 Å². The largest absolute Gasteiger partial charge is 0.381 e. The molecule has 5 rings (SSSR count). The smallest absolute Gasteiger partial charge is 0.260 e. The fourth-order valence-electron chi connectivity index (χ4n) is 5.33. The number of aromatic nitrogens is 1. The summed E-state index contributed by atoms with van der Waals surface area (Å²) in [6, 6.07) is 5.83. The van der Waals surface area contributed by atoms with Crippen LogP contribution in [0.4, 0.5) is 0 Å². The molecule has 3 aliphatic rings. The van der Waals surface area contributed by atoms with Crippen molar-refractivity contribution in [3.63, 3.8) is 0 Å². The molecular formula is C24H31N3O3. The van der Waals surface area contributed by atoms with Gasteiger partial charge in [-0.2, -0.15) is 0 Å². The Labute approximate surface area is 177 Å². The molecule has 6 nitrogen and oxygen atoms in total. The molecule has 1 aromatic carbocycles. The van der Waals surface area contributed by atoms with Gasteiger partial charge < -0.3 is 15.0 Å². The van der Waals surface area contributed by atoms with Gasteiger partial charge in [-0.25, -0.2) is 0 Å². The minimum atomic E-state index is -0.148. The van der Waals surface area contributed by atoms with Crippen LogP contribution in [-0.2, 0) is 22.4 Å². The Balaban J connectivity index is 1.48. The van der Waals surface area contributed by atoms with Crippen LogP contribution in [0.1, 0.15) is 60.1 Å². The van der Waals surface area contributed by atoms with Gasteiger partial charge in [0.1, 0.15) is 0 Å². The lowest BCUT2D eigenvalue weighted by atomic mass is 9.94. The van der Waals surface area contributed by atoms with E-state index in [4.69, 9.17) is 4.74 Å². The second-order valence-corrected chi connectivity index (χ2v) is 8.95. The number of aryl methyl sites for hydroxylation is 2. The number of ether oxygens (including phenoxy) is 1. The Kier molecular flexibility index (Phi) is 5.61. The van der Waals surface area contributed by atoms with E-state index in [0.29, 0.717) is 25.3 Å². The quantitative estimate of drug-likeness (QED) is 0.764. The summed E-state index contributed by atoms with van der Waals surface area (Å²) in [5.41, 5.74) is 4.38. The fourth-order valence-corrected chi connectivity index (χ4v) is 5.33. The van der Waals surface area contributed by atoms with Crippen molar-refractivity contribution in [1.82, 2.24) is 15.2 Å². The van der Waals surface area contributed by atoms with E-state index in [0.717, 1.165) is 56.0 Å². The number of hydrogen-bond acceptors (Lipinski definition) is 4.